The molecule has 194 valence electrons. The summed E-state index contributed by atoms with van der Waals surface area (Å²) in [5, 5.41) is 4.14. The van der Waals surface area contributed by atoms with E-state index in [1.807, 2.05) is 74.5 Å². The number of pyridine rings is 1. The van der Waals surface area contributed by atoms with Crippen molar-refractivity contribution in [1.29, 1.82) is 0 Å². The topological polar surface area (TPSA) is 68.6 Å². The highest BCUT2D eigenvalue weighted by Crippen LogP contribution is 2.44. The van der Waals surface area contributed by atoms with Crippen molar-refractivity contribution < 1.29 is 14.3 Å². The summed E-state index contributed by atoms with van der Waals surface area (Å²) >= 11 is 5.90. The van der Waals surface area contributed by atoms with Gasteiger partial charge in [-0.25, -0.2) is 4.79 Å². The van der Waals surface area contributed by atoms with Crippen molar-refractivity contribution in [1.82, 2.24) is 14.9 Å². The Morgan fingerprint density at radius 3 is 2.47 bits per heavy atom. The highest BCUT2D eigenvalue weighted by atomic mass is 32.1. The number of ether oxygens (including phenoxy) is 2. The van der Waals surface area contributed by atoms with Gasteiger partial charge in [-0.2, -0.15) is 0 Å². The van der Waals surface area contributed by atoms with Crippen LogP contribution in [0.15, 0.2) is 79.0 Å². The van der Waals surface area contributed by atoms with Crippen molar-refractivity contribution in [3.05, 3.63) is 107 Å². The van der Waals surface area contributed by atoms with Gasteiger partial charge in [0.2, 0.25) is 0 Å². The van der Waals surface area contributed by atoms with Crippen LogP contribution in [0.5, 0.6) is 5.75 Å². The molecule has 2 unspecified atom stereocenters. The molecule has 1 aliphatic heterocycles. The average Bonchev–Trinajstić information content (AvgIpc) is 3.44. The van der Waals surface area contributed by atoms with Gasteiger partial charge < -0.3 is 24.3 Å². The molecule has 0 bridgehead atoms. The Morgan fingerprint density at radius 1 is 1.05 bits per heavy atom. The number of para-hydroxylation sites is 1. The van der Waals surface area contributed by atoms with Gasteiger partial charge in [-0.1, -0.05) is 18.2 Å². The average molecular weight is 527 g/mol. The number of benzene rings is 2. The maximum absolute atomic E-state index is 12.6. The molecule has 4 aromatic rings. The molecule has 5 rings (SSSR count). The van der Waals surface area contributed by atoms with Gasteiger partial charge in [-0.15, -0.1) is 0 Å². The Kier molecular flexibility index (Phi) is 7.15. The zero-order valence-corrected chi connectivity index (χ0v) is 22.7. The summed E-state index contributed by atoms with van der Waals surface area (Å²) in [6.07, 6.45) is 1.80. The molecule has 7 nitrogen and oxygen atoms in total. The number of thiocarbonyl (C=S) groups is 1. The molecule has 0 aliphatic carbocycles. The second kappa shape index (κ2) is 10.7. The molecule has 2 aromatic heterocycles. The maximum atomic E-state index is 12.6. The van der Waals surface area contributed by atoms with E-state index in [1.54, 1.807) is 12.3 Å². The first-order valence-corrected chi connectivity index (χ1v) is 13.0. The van der Waals surface area contributed by atoms with Gasteiger partial charge >= 0.3 is 5.97 Å². The first kappa shape index (κ1) is 25.5. The van der Waals surface area contributed by atoms with Gasteiger partial charge in [0.25, 0.3) is 0 Å². The number of rotatable bonds is 7. The number of aryl methyl sites for hydroxylation is 1. The van der Waals surface area contributed by atoms with Gasteiger partial charge in [0.15, 0.2) is 5.11 Å². The third kappa shape index (κ3) is 4.52. The molecule has 2 atom stereocenters. The van der Waals surface area contributed by atoms with Crippen LogP contribution < -0.4 is 15.0 Å². The summed E-state index contributed by atoms with van der Waals surface area (Å²) < 4.78 is 12.8. The third-order valence-electron chi connectivity index (χ3n) is 6.86. The van der Waals surface area contributed by atoms with E-state index in [0.717, 1.165) is 39.8 Å². The van der Waals surface area contributed by atoms with Crippen LogP contribution in [0, 0.1) is 13.8 Å². The van der Waals surface area contributed by atoms with Crippen LogP contribution in [-0.2, 0) is 4.74 Å². The van der Waals surface area contributed by atoms with Crippen molar-refractivity contribution >= 4 is 29.0 Å². The highest BCUT2D eigenvalue weighted by Gasteiger charge is 2.42. The van der Waals surface area contributed by atoms with Crippen LogP contribution in [0.3, 0.4) is 0 Å². The fourth-order valence-electron chi connectivity index (χ4n) is 5.23. The predicted molar refractivity (Wildman–Crippen MR) is 152 cm³/mol. The molecule has 0 amide bonds. The van der Waals surface area contributed by atoms with Crippen LogP contribution >= 0.6 is 12.2 Å². The van der Waals surface area contributed by atoms with E-state index >= 15 is 0 Å². The second-order valence-electron chi connectivity index (χ2n) is 9.09. The Hall–Kier alpha value is -4.17. The minimum atomic E-state index is -0.374. The number of methoxy groups -OCH3 is 1. The van der Waals surface area contributed by atoms with Gasteiger partial charge in [0, 0.05) is 23.3 Å². The lowest BCUT2D eigenvalue weighted by molar-refractivity contribution is 0.0600. The lowest BCUT2D eigenvalue weighted by Gasteiger charge is -2.28. The molecule has 38 heavy (non-hydrogen) atoms. The molecule has 1 saturated heterocycles. The lowest BCUT2D eigenvalue weighted by Crippen LogP contribution is -2.29. The summed E-state index contributed by atoms with van der Waals surface area (Å²) in [5.74, 6) is 0.436. The molecule has 1 fully saturated rings. The summed E-state index contributed by atoms with van der Waals surface area (Å²) in [4.78, 5) is 19.4. The van der Waals surface area contributed by atoms with Gasteiger partial charge in [0.05, 0.1) is 42.7 Å². The lowest BCUT2D eigenvalue weighted by atomic mass is 9.96. The van der Waals surface area contributed by atoms with E-state index in [0.29, 0.717) is 17.3 Å². The summed E-state index contributed by atoms with van der Waals surface area (Å²) in [6.45, 7) is 6.69. The van der Waals surface area contributed by atoms with Crippen LogP contribution in [0.1, 0.15) is 52.0 Å². The van der Waals surface area contributed by atoms with E-state index < -0.39 is 0 Å². The normalized spacial score (nSPS) is 16.8. The smallest absolute Gasteiger partial charge is 0.339 e. The number of hydrogen-bond acceptors (Lipinski definition) is 5. The number of hydrogen-bond donors (Lipinski definition) is 1. The van der Waals surface area contributed by atoms with Crippen molar-refractivity contribution in [2.45, 2.75) is 32.9 Å². The number of esters is 1. The standard InChI is InChI=1S/C30H30N4O3S/c1-5-37-22-15-13-21(14-16-22)34-28(27(32-30(34)38)25-11-8-9-17-31-25)24-18-19(2)33(20(24)3)26-12-7-6-10-23(26)29(35)36-4/h6-18,27-28H,5H2,1-4H3,(H,32,38). The zero-order valence-electron chi connectivity index (χ0n) is 21.8. The first-order chi connectivity index (χ1) is 18.4. The molecule has 8 heteroatoms. The summed E-state index contributed by atoms with van der Waals surface area (Å²) in [5.41, 5.74) is 6.22. The molecule has 2 aromatic carbocycles. The number of nitrogens with one attached hydrogen (secondary N) is 1. The van der Waals surface area contributed by atoms with E-state index in [1.165, 1.54) is 7.11 Å². The Balaban J connectivity index is 1.66. The van der Waals surface area contributed by atoms with Crippen LogP contribution in [0.4, 0.5) is 5.69 Å². The van der Waals surface area contributed by atoms with Gasteiger partial charge in [-0.05, 0) is 93.1 Å². The quantitative estimate of drug-likeness (QED) is 0.239. The largest absolute Gasteiger partial charge is 0.494 e. The van der Waals surface area contributed by atoms with E-state index in [9.17, 15) is 4.79 Å². The van der Waals surface area contributed by atoms with Crippen LogP contribution in [0.2, 0.25) is 0 Å². The van der Waals surface area contributed by atoms with Crippen molar-refractivity contribution in [2.24, 2.45) is 0 Å². The molecule has 0 radical (unpaired) electrons. The van der Waals surface area contributed by atoms with Crippen LogP contribution in [-0.4, -0.2) is 34.3 Å². The third-order valence-corrected chi connectivity index (χ3v) is 7.18. The number of nitrogens with zero attached hydrogens (tertiary/aromatic N) is 3. The number of carbonyl (C=O) groups excluding carboxylic acids is 1. The number of aromatic nitrogens is 2. The first-order valence-electron chi connectivity index (χ1n) is 12.5. The van der Waals surface area contributed by atoms with E-state index in [-0.39, 0.29) is 18.1 Å². The summed E-state index contributed by atoms with van der Waals surface area (Å²) in [6, 6.07) is 23.2. The van der Waals surface area contributed by atoms with Gasteiger partial charge in [0.1, 0.15) is 5.75 Å². The minimum absolute atomic E-state index is 0.180. The monoisotopic (exact) mass is 526 g/mol. The zero-order chi connectivity index (χ0) is 26.8. The molecule has 1 N–H and O–H groups in total. The van der Waals surface area contributed by atoms with Crippen molar-refractivity contribution in [2.75, 3.05) is 18.6 Å². The minimum Gasteiger partial charge on any atom is -0.494 e. The van der Waals surface area contributed by atoms with E-state index in [2.05, 4.69) is 32.8 Å². The molecule has 1 aliphatic rings. The SMILES string of the molecule is CCOc1ccc(N2C(=S)NC(c3ccccn3)C2c2cc(C)n(-c3ccccc3C(=O)OC)c2C)cc1. The van der Waals surface area contributed by atoms with Crippen LogP contribution in [0.25, 0.3) is 5.69 Å². The molecule has 3 heterocycles. The van der Waals surface area contributed by atoms with Gasteiger partial charge in [-0.3, -0.25) is 4.98 Å². The fraction of sp³-hybridized carbons (Fsp3) is 0.233. The van der Waals surface area contributed by atoms with E-state index in [4.69, 9.17) is 21.7 Å². The predicted octanol–water partition coefficient (Wildman–Crippen LogP) is 5.85. The Morgan fingerprint density at radius 2 is 1.79 bits per heavy atom. The summed E-state index contributed by atoms with van der Waals surface area (Å²) in [7, 11) is 1.40. The Bertz CT molecular complexity index is 1470. The van der Waals surface area contributed by atoms with Crippen molar-refractivity contribution in [3.63, 3.8) is 0 Å². The fourth-order valence-corrected chi connectivity index (χ4v) is 5.57. The maximum Gasteiger partial charge on any atom is 0.339 e. The highest BCUT2D eigenvalue weighted by molar-refractivity contribution is 7.80. The number of carbonyl (C=O) groups is 1. The molecular formula is C30H30N4O3S. The van der Waals surface area contributed by atoms with Crippen molar-refractivity contribution in [3.8, 4) is 11.4 Å². The molecule has 0 saturated carbocycles. The Labute approximate surface area is 228 Å². The molecular weight excluding hydrogens is 496 g/mol. The second-order valence-corrected chi connectivity index (χ2v) is 9.48. The number of anilines is 1. The molecule has 0 spiro atoms.